The molecule has 2 heterocycles. The largest absolute Gasteiger partial charge is 0.477 e. The summed E-state index contributed by atoms with van der Waals surface area (Å²) >= 11 is 0. The Kier molecular flexibility index (Phi) is 3.95. The number of aromatic nitrogens is 2. The standard InChI is InChI=1S/C20H19N3O3/c1-2-23-11-17(20(25)26)18(24)16-9-15(10-21-19(16)23)22-14-7-12-5-3-4-6-13(12)8-14/h3-6,9-11,14,22H,2,7-8H2,1H3,(H,25,26). The van der Waals surface area contributed by atoms with E-state index in [4.69, 9.17) is 0 Å². The van der Waals surface area contributed by atoms with E-state index in [1.165, 1.54) is 17.3 Å². The summed E-state index contributed by atoms with van der Waals surface area (Å²) in [7, 11) is 0. The molecule has 0 saturated carbocycles. The third-order valence-electron chi connectivity index (χ3n) is 4.91. The molecule has 0 amide bonds. The van der Waals surface area contributed by atoms with Crippen molar-refractivity contribution in [2.75, 3.05) is 5.32 Å². The molecular formula is C20H19N3O3. The molecule has 3 aromatic rings. The van der Waals surface area contributed by atoms with Crippen molar-refractivity contribution < 1.29 is 9.90 Å². The number of carbonyl (C=O) groups is 1. The lowest BCUT2D eigenvalue weighted by atomic mass is 10.1. The molecule has 0 bridgehead atoms. The van der Waals surface area contributed by atoms with Gasteiger partial charge in [0.2, 0.25) is 5.43 Å². The first-order chi connectivity index (χ1) is 12.6. The van der Waals surface area contributed by atoms with Gasteiger partial charge in [-0.25, -0.2) is 9.78 Å². The van der Waals surface area contributed by atoms with E-state index >= 15 is 0 Å². The lowest BCUT2D eigenvalue weighted by Gasteiger charge is -2.15. The summed E-state index contributed by atoms with van der Waals surface area (Å²) in [5, 5.41) is 13.1. The Morgan fingerprint density at radius 3 is 2.62 bits per heavy atom. The van der Waals surface area contributed by atoms with Crippen molar-refractivity contribution in [3.63, 3.8) is 0 Å². The van der Waals surface area contributed by atoms with Crippen molar-refractivity contribution in [2.45, 2.75) is 32.4 Å². The summed E-state index contributed by atoms with van der Waals surface area (Å²) in [4.78, 5) is 28.3. The van der Waals surface area contributed by atoms with E-state index < -0.39 is 11.4 Å². The number of hydrogen-bond acceptors (Lipinski definition) is 4. The number of carboxylic acids is 1. The molecule has 0 radical (unpaired) electrons. The summed E-state index contributed by atoms with van der Waals surface area (Å²) in [5.74, 6) is -1.22. The van der Waals surface area contributed by atoms with Gasteiger partial charge in [-0.15, -0.1) is 0 Å². The maximum absolute atomic E-state index is 12.5. The molecule has 1 aliphatic carbocycles. The molecule has 1 aromatic carbocycles. The van der Waals surface area contributed by atoms with Crippen LogP contribution in [-0.2, 0) is 19.4 Å². The van der Waals surface area contributed by atoms with Gasteiger partial charge in [0.05, 0.1) is 17.3 Å². The van der Waals surface area contributed by atoms with E-state index in [9.17, 15) is 14.7 Å². The summed E-state index contributed by atoms with van der Waals surface area (Å²) in [6, 6.07) is 10.3. The highest BCUT2D eigenvalue weighted by Gasteiger charge is 2.21. The molecule has 0 saturated heterocycles. The zero-order valence-corrected chi connectivity index (χ0v) is 14.4. The minimum absolute atomic E-state index is 0.230. The van der Waals surface area contributed by atoms with Crippen molar-refractivity contribution >= 4 is 22.7 Å². The highest BCUT2D eigenvalue weighted by molar-refractivity contribution is 5.92. The van der Waals surface area contributed by atoms with E-state index in [0.717, 1.165) is 18.5 Å². The van der Waals surface area contributed by atoms with Gasteiger partial charge in [0.15, 0.2) is 0 Å². The van der Waals surface area contributed by atoms with Crippen LogP contribution in [0.3, 0.4) is 0 Å². The first kappa shape index (κ1) is 16.3. The Bertz CT molecular complexity index is 1050. The highest BCUT2D eigenvalue weighted by Crippen LogP contribution is 2.25. The molecule has 0 atom stereocenters. The summed E-state index contributed by atoms with van der Waals surface area (Å²) in [5.41, 5.74) is 3.18. The zero-order chi connectivity index (χ0) is 18.3. The molecule has 1 aliphatic rings. The second-order valence-corrected chi connectivity index (χ2v) is 6.58. The minimum Gasteiger partial charge on any atom is -0.477 e. The average Bonchev–Trinajstić information content (AvgIpc) is 3.04. The van der Waals surface area contributed by atoms with E-state index in [1.807, 2.05) is 19.1 Å². The van der Waals surface area contributed by atoms with Gasteiger partial charge in [-0.3, -0.25) is 4.79 Å². The molecule has 6 heteroatoms. The first-order valence-corrected chi connectivity index (χ1v) is 8.66. The van der Waals surface area contributed by atoms with E-state index in [0.29, 0.717) is 17.6 Å². The van der Waals surface area contributed by atoms with Crippen molar-refractivity contribution in [1.82, 2.24) is 9.55 Å². The Labute approximate surface area is 150 Å². The van der Waals surface area contributed by atoms with Crippen LogP contribution in [0.4, 0.5) is 5.69 Å². The maximum Gasteiger partial charge on any atom is 0.341 e. The fourth-order valence-corrected chi connectivity index (χ4v) is 3.64. The van der Waals surface area contributed by atoms with Crippen LogP contribution in [0.15, 0.2) is 47.5 Å². The number of benzene rings is 1. The van der Waals surface area contributed by atoms with Crippen LogP contribution >= 0.6 is 0 Å². The fourth-order valence-electron chi connectivity index (χ4n) is 3.64. The molecule has 0 spiro atoms. The van der Waals surface area contributed by atoms with Gasteiger partial charge < -0.3 is 15.0 Å². The van der Waals surface area contributed by atoms with Gasteiger partial charge in [0, 0.05) is 18.8 Å². The summed E-state index contributed by atoms with van der Waals surface area (Å²) in [6.07, 6.45) is 4.91. The Morgan fingerprint density at radius 2 is 2.00 bits per heavy atom. The number of aromatic carboxylic acids is 1. The number of nitrogens with zero attached hydrogens (tertiary/aromatic N) is 2. The smallest absolute Gasteiger partial charge is 0.341 e. The van der Waals surface area contributed by atoms with Gasteiger partial charge >= 0.3 is 5.97 Å². The van der Waals surface area contributed by atoms with Gasteiger partial charge in [-0.1, -0.05) is 24.3 Å². The third kappa shape index (κ3) is 2.73. The number of anilines is 1. The molecule has 0 fully saturated rings. The maximum atomic E-state index is 12.5. The van der Waals surface area contributed by atoms with Crippen molar-refractivity contribution in [3.05, 3.63) is 69.6 Å². The van der Waals surface area contributed by atoms with E-state index in [1.54, 1.807) is 16.8 Å². The number of rotatable bonds is 4. The van der Waals surface area contributed by atoms with E-state index in [2.05, 4.69) is 22.4 Å². The molecule has 2 aromatic heterocycles. The SMILES string of the molecule is CCn1cc(C(=O)O)c(=O)c2cc(NC3Cc4ccccc4C3)cnc21. The quantitative estimate of drug-likeness (QED) is 0.756. The molecule has 2 N–H and O–H groups in total. The first-order valence-electron chi connectivity index (χ1n) is 8.66. The average molecular weight is 349 g/mol. The van der Waals surface area contributed by atoms with E-state index in [-0.39, 0.29) is 11.6 Å². The predicted molar refractivity (Wildman–Crippen MR) is 99.9 cm³/mol. The van der Waals surface area contributed by atoms with Gasteiger partial charge in [-0.2, -0.15) is 0 Å². The van der Waals surface area contributed by atoms with Crippen LogP contribution in [0, 0.1) is 0 Å². The summed E-state index contributed by atoms with van der Waals surface area (Å²) in [6.45, 7) is 2.42. The van der Waals surface area contributed by atoms with Gasteiger partial charge in [0.25, 0.3) is 0 Å². The molecule has 0 unspecified atom stereocenters. The summed E-state index contributed by atoms with van der Waals surface area (Å²) < 4.78 is 1.69. The number of fused-ring (bicyclic) bond motifs is 2. The van der Waals surface area contributed by atoms with Crippen LogP contribution in [0.1, 0.15) is 28.4 Å². The Morgan fingerprint density at radius 1 is 1.31 bits per heavy atom. The molecular weight excluding hydrogens is 330 g/mol. The normalized spacial score (nSPS) is 13.7. The van der Waals surface area contributed by atoms with Crippen molar-refractivity contribution in [1.29, 1.82) is 0 Å². The number of carboxylic acid groups (broad SMARTS) is 1. The number of nitrogens with one attached hydrogen (secondary N) is 1. The van der Waals surface area contributed by atoms with Crippen molar-refractivity contribution in [3.8, 4) is 0 Å². The topological polar surface area (TPSA) is 84.2 Å². The lowest BCUT2D eigenvalue weighted by molar-refractivity contribution is 0.0695. The molecule has 4 rings (SSSR count). The molecule has 132 valence electrons. The lowest BCUT2D eigenvalue weighted by Crippen LogP contribution is -2.22. The molecule has 6 nitrogen and oxygen atoms in total. The van der Waals surface area contributed by atoms with Crippen LogP contribution in [0.5, 0.6) is 0 Å². The molecule has 26 heavy (non-hydrogen) atoms. The molecule has 0 aliphatic heterocycles. The fraction of sp³-hybridized carbons (Fsp3) is 0.250. The number of aryl methyl sites for hydroxylation is 1. The second-order valence-electron chi connectivity index (χ2n) is 6.58. The van der Waals surface area contributed by atoms with Crippen molar-refractivity contribution in [2.24, 2.45) is 0 Å². The van der Waals surface area contributed by atoms with Crippen LogP contribution in [0.25, 0.3) is 11.0 Å². The Balaban J connectivity index is 1.71. The highest BCUT2D eigenvalue weighted by atomic mass is 16.4. The number of pyridine rings is 2. The van der Waals surface area contributed by atoms with Crippen LogP contribution < -0.4 is 10.7 Å². The minimum atomic E-state index is -1.22. The van der Waals surface area contributed by atoms with Crippen LogP contribution in [-0.4, -0.2) is 26.7 Å². The van der Waals surface area contributed by atoms with Gasteiger partial charge in [0.1, 0.15) is 11.2 Å². The zero-order valence-electron chi connectivity index (χ0n) is 14.4. The Hall–Kier alpha value is -3.15. The predicted octanol–water partition coefficient (Wildman–Crippen LogP) is 2.69. The third-order valence-corrected chi connectivity index (χ3v) is 4.91. The van der Waals surface area contributed by atoms with Crippen LogP contribution in [0.2, 0.25) is 0 Å². The number of hydrogen-bond donors (Lipinski definition) is 2. The monoisotopic (exact) mass is 349 g/mol. The second kappa shape index (κ2) is 6.29. The van der Waals surface area contributed by atoms with Gasteiger partial charge in [-0.05, 0) is 37.0 Å².